The van der Waals surface area contributed by atoms with Gasteiger partial charge in [-0.2, -0.15) is 10.1 Å². The standard InChI is InChI=1S/C95H133N17O19/c1-60-18-11-10-12-19-61(2)79(121-7)52-72-26-23-65(6)95(120,131-72)88(117)91(118)111-31-15-13-22-75(111)92(119)129-80(53-76(113)62(3)47-64(5)86(116)87(123-9)85(115)63(4)46-60)73(96)49-66-24-27-78(81(50-66)122-8)128-58-67-20-17-21-68(48-67)70-54-100-94(101-55-70)109-35-33-108(34-36-109)56-71-57-110(107-105-71)37-39-125-41-43-127-45-44-126-42-40-124-38-29-82(114)99-30-14-16-32-112-90-83(89(97)102-59-103-90)84(106-112)69-25-28-77-74(51-69)104-93(98)130-77/h10-12,17-21,25,28,47-48,51,54-55,57,59-60,62-63,65-66,72-73,75,78-81,86-87,116,120H,13-16,22-24,26-27,29-46,49-50,52-53,56,58,96H2,1-9H3,(H2,98,104)(H,99,114)(H2,97,102,103)/b12-10+,18-11+,61-19+,64-47+/t60-,62-,63-,65-,66+,72+,73-,75+,78-,79+,80+,81-,86-,87+,95-/m1/s1. The molecule has 5 aliphatic rings. The number of ketones is 3. The maximum absolute atomic E-state index is 14.8. The fourth-order valence-corrected chi connectivity index (χ4v) is 17.9. The molecule has 1 aliphatic carbocycles. The smallest absolute Gasteiger partial charge is 0.329 e. The van der Waals surface area contributed by atoms with Gasteiger partial charge in [0.2, 0.25) is 17.6 Å². The van der Waals surface area contributed by atoms with Crippen LogP contribution in [0.3, 0.4) is 0 Å². The van der Waals surface area contributed by atoms with Gasteiger partial charge in [-0.25, -0.2) is 34.1 Å². The van der Waals surface area contributed by atoms with Crippen molar-refractivity contribution in [2.75, 3.05) is 130 Å². The van der Waals surface area contributed by atoms with Crippen molar-refractivity contribution in [1.82, 2.24) is 64.8 Å². The van der Waals surface area contributed by atoms with Crippen molar-refractivity contribution in [2.24, 2.45) is 35.3 Å². The molecule has 2 aromatic carbocycles. The molecule has 12 rings (SSSR count). The Kier molecular flexibility index (Phi) is 37.4. The third-order valence-electron chi connectivity index (χ3n) is 25.6. The van der Waals surface area contributed by atoms with E-state index in [1.165, 1.54) is 18.3 Å². The molecule has 4 aliphatic heterocycles. The van der Waals surface area contributed by atoms with Crippen molar-refractivity contribution in [3.63, 3.8) is 0 Å². The molecule has 15 atom stereocenters. The number of aryl methyl sites for hydroxylation is 1. The Balaban J connectivity index is 0.540. The molecule has 712 valence electrons. The van der Waals surface area contributed by atoms with Crippen molar-refractivity contribution in [3.05, 3.63) is 126 Å². The van der Waals surface area contributed by atoms with E-state index >= 15 is 0 Å². The number of unbranched alkanes of at least 4 members (excludes halogenated alkanes) is 1. The lowest BCUT2D eigenvalue weighted by Gasteiger charge is -2.42. The number of allylic oxidation sites excluding steroid dienone is 6. The molecule has 36 heteroatoms. The quantitative estimate of drug-likeness (QED) is 0.00950. The van der Waals surface area contributed by atoms with Gasteiger partial charge in [-0.3, -0.25) is 28.9 Å². The number of anilines is 3. The zero-order chi connectivity index (χ0) is 93.1. The Bertz CT molecular complexity index is 5030. The fraction of sp³-hybridized carbons (Fsp3) is 0.600. The summed E-state index contributed by atoms with van der Waals surface area (Å²) in [7, 11) is 4.59. The number of piperidine rings is 1. The lowest BCUT2D eigenvalue weighted by Crippen LogP contribution is -2.61. The Hall–Kier alpha value is -10.1. The molecule has 2 bridgehead atoms. The molecular formula is C95H133N17O19. The van der Waals surface area contributed by atoms with E-state index in [4.69, 9.17) is 84.1 Å². The van der Waals surface area contributed by atoms with Crippen molar-refractivity contribution < 1.29 is 90.8 Å². The van der Waals surface area contributed by atoms with Crippen LogP contribution in [0.1, 0.15) is 149 Å². The van der Waals surface area contributed by atoms with Crippen molar-refractivity contribution in [1.29, 1.82) is 0 Å². The van der Waals surface area contributed by atoms with Crippen LogP contribution in [0, 0.1) is 29.6 Å². The van der Waals surface area contributed by atoms with Gasteiger partial charge in [0.25, 0.3) is 17.7 Å². The molecule has 0 unspecified atom stereocenters. The number of rotatable bonds is 34. The zero-order valence-electron chi connectivity index (χ0n) is 77.1. The molecule has 1 saturated carbocycles. The first-order valence-corrected chi connectivity index (χ1v) is 46.1. The van der Waals surface area contributed by atoms with Gasteiger partial charge in [0.1, 0.15) is 53.5 Å². The number of piperazine rings is 1. The summed E-state index contributed by atoms with van der Waals surface area (Å²) < 4.78 is 68.7. The number of nitrogens with zero attached hydrogens (tertiary/aromatic N) is 13. The molecular weight excluding hydrogens is 1680 g/mol. The number of ether oxygens (including phenoxy) is 10. The topological polar surface area (TPSA) is 461 Å². The Morgan fingerprint density at radius 1 is 0.748 bits per heavy atom. The van der Waals surface area contributed by atoms with Crippen molar-refractivity contribution in [3.8, 4) is 22.4 Å². The molecule has 9 heterocycles. The summed E-state index contributed by atoms with van der Waals surface area (Å²) in [6.45, 7) is 19.5. The number of aliphatic hydroxyl groups is 2. The fourth-order valence-electron chi connectivity index (χ4n) is 17.9. The molecule has 131 heavy (non-hydrogen) atoms. The average molecular weight is 1820 g/mol. The van der Waals surface area contributed by atoms with Gasteiger partial charge in [-0.15, -0.1) is 5.10 Å². The Labute approximate surface area is 765 Å². The van der Waals surface area contributed by atoms with Crippen LogP contribution in [-0.2, 0) is 102 Å². The Morgan fingerprint density at radius 3 is 2.25 bits per heavy atom. The molecule has 7 aromatic rings. The number of aliphatic hydroxyl groups excluding tert-OH is 1. The van der Waals surface area contributed by atoms with Crippen LogP contribution in [0.4, 0.5) is 17.8 Å². The van der Waals surface area contributed by atoms with Crippen LogP contribution < -0.4 is 27.4 Å². The molecule has 5 aromatic heterocycles. The maximum Gasteiger partial charge on any atom is 0.329 e. The number of Topliss-reactive ketones (excluding diaryl/α,β-unsaturated/α-hetero) is 3. The van der Waals surface area contributed by atoms with Gasteiger partial charge in [-0.05, 0) is 149 Å². The summed E-state index contributed by atoms with van der Waals surface area (Å²) in [5.41, 5.74) is 27.2. The highest BCUT2D eigenvalue weighted by atomic mass is 16.6. The van der Waals surface area contributed by atoms with E-state index < -0.39 is 83.8 Å². The normalized spacial score (nSPS) is 26.9. The summed E-state index contributed by atoms with van der Waals surface area (Å²) in [5, 5.41) is 41.1. The number of carbonyl (C=O) groups excluding carboxylic acids is 6. The number of benzene rings is 2. The van der Waals surface area contributed by atoms with E-state index in [9.17, 15) is 39.0 Å². The van der Waals surface area contributed by atoms with E-state index in [-0.39, 0.29) is 86.4 Å². The number of nitrogens with two attached hydrogens (primary N) is 3. The number of cyclic esters (lactones) is 1. The van der Waals surface area contributed by atoms with Crippen LogP contribution in [-0.4, -0.2) is 279 Å². The number of methoxy groups -OCH3 is 3. The number of hydrogen-bond acceptors (Lipinski definition) is 32. The molecule has 2 amide bonds. The highest BCUT2D eigenvalue weighted by Gasteiger charge is 2.53. The van der Waals surface area contributed by atoms with Gasteiger partial charge in [0.05, 0.1) is 102 Å². The number of esters is 1. The van der Waals surface area contributed by atoms with Gasteiger partial charge in [-0.1, -0.05) is 87.6 Å². The third kappa shape index (κ3) is 27.6. The number of fused-ring (bicyclic) bond motifs is 5. The van der Waals surface area contributed by atoms with Gasteiger partial charge in [0, 0.05) is 146 Å². The summed E-state index contributed by atoms with van der Waals surface area (Å²) in [6, 6.07) is 11.5. The molecule has 9 N–H and O–H groups in total. The van der Waals surface area contributed by atoms with E-state index in [2.05, 4.69) is 46.4 Å². The highest BCUT2D eigenvalue weighted by molar-refractivity contribution is 6.39. The van der Waals surface area contributed by atoms with Crippen molar-refractivity contribution in [2.45, 2.75) is 225 Å². The van der Waals surface area contributed by atoms with Crippen molar-refractivity contribution >= 4 is 75.0 Å². The number of nitrogen functional groups attached to an aromatic ring is 2. The number of aromatic nitrogens is 10. The van der Waals surface area contributed by atoms with Gasteiger partial charge < -0.3 is 94.3 Å². The molecule has 4 fully saturated rings. The zero-order valence-corrected chi connectivity index (χ0v) is 77.1. The van der Waals surface area contributed by atoms with E-state index in [1.807, 2.05) is 100 Å². The van der Waals surface area contributed by atoms with E-state index in [1.54, 1.807) is 56.5 Å². The number of hydrogen-bond donors (Lipinski definition) is 6. The first-order chi connectivity index (χ1) is 63.3. The maximum atomic E-state index is 14.8. The van der Waals surface area contributed by atoms with Crippen LogP contribution in [0.25, 0.3) is 44.5 Å². The third-order valence-corrected chi connectivity index (χ3v) is 25.6. The minimum Gasteiger partial charge on any atom is -0.459 e. The number of carbonyl (C=O) groups is 6. The summed E-state index contributed by atoms with van der Waals surface area (Å²) in [5.74, 6) is -7.49. The highest BCUT2D eigenvalue weighted by Crippen LogP contribution is 2.39. The van der Waals surface area contributed by atoms with Gasteiger partial charge in [0.15, 0.2) is 17.0 Å². The van der Waals surface area contributed by atoms with Crippen LogP contribution in [0.5, 0.6) is 0 Å². The monoisotopic (exact) mass is 1820 g/mol. The molecule has 0 spiro atoms. The second-order valence-electron chi connectivity index (χ2n) is 35.3. The largest absolute Gasteiger partial charge is 0.459 e. The predicted molar refractivity (Wildman–Crippen MR) is 489 cm³/mol. The minimum atomic E-state index is -2.49. The lowest BCUT2D eigenvalue weighted by molar-refractivity contribution is -0.265. The molecule has 0 radical (unpaired) electrons. The number of nitrogens with one attached hydrogen (secondary N) is 1. The molecule has 36 nitrogen and oxygen atoms in total. The first kappa shape index (κ1) is 99.9. The lowest BCUT2D eigenvalue weighted by atomic mass is 9.80. The molecule has 3 saturated heterocycles. The summed E-state index contributed by atoms with van der Waals surface area (Å²) >= 11 is 0. The van der Waals surface area contributed by atoms with Gasteiger partial charge >= 0.3 is 5.97 Å². The van der Waals surface area contributed by atoms with Crippen LogP contribution in [0.15, 0.2) is 119 Å². The number of amides is 2. The minimum absolute atomic E-state index is 0.0201. The van der Waals surface area contributed by atoms with Crippen LogP contribution >= 0.6 is 0 Å². The van der Waals surface area contributed by atoms with E-state index in [0.717, 1.165) is 72.5 Å². The SMILES string of the molecule is CO[C@H]1C[C@@H]2CC[C@@H](C)[C@@](O)(O2)C(=O)C(=O)N2CCCC[C@H]2C(=O)O[C@H]([C@H](N)C[C@@H]2CC[C@@H](OCc3cccc(-c4cnc(N5CCN(Cc6cn(CCOCCOCCOCCOCCC(=O)NCCCCn7nc(-c8ccc9oc(N)nc9c8)c8c(N)ncnc87)nn6)CC5)nc4)c3)[C@H](OC)C2)CC(=O)[C@H](C)/C=C(\C)[C@@H](O)[C@@H](OC)C(=O)[C@H](C)C[C@H](C)/C=C/C=C/C=C/1C. The predicted octanol–water partition coefficient (Wildman–Crippen LogP) is 8.63. The summed E-state index contributed by atoms with van der Waals surface area (Å²) in [4.78, 5) is 113. The second kappa shape index (κ2) is 49.1. The van der Waals surface area contributed by atoms with Crippen LogP contribution in [0.2, 0.25) is 0 Å². The number of oxazole rings is 1. The Morgan fingerprint density at radius 2 is 1.50 bits per heavy atom. The van der Waals surface area contributed by atoms with E-state index in [0.29, 0.717) is 182 Å². The summed E-state index contributed by atoms with van der Waals surface area (Å²) in [6.07, 6.45) is 19.0. The average Bonchev–Trinajstić information content (AvgIpc) is 1.69. The first-order valence-electron chi connectivity index (χ1n) is 46.1. The second-order valence-corrected chi connectivity index (χ2v) is 35.3.